The van der Waals surface area contributed by atoms with Gasteiger partial charge >= 0.3 is 6.09 Å². The molecule has 2 aromatic rings. The highest BCUT2D eigenvalue weighted by atomic mass is 19.1. The number of ether oxygens (including phenoxy) is 2. The number of hydrogen-bond acceptors (Lipinski definition) is 3. The normalized spacial score (nSPS) is 11.2. The molecule has 0 saturated heterocycles. The van der Waals surface area contributed by atoms with E-state index in [1.54, 1.807) is 27.7 Å². The highest BCUT2D eigenvalue weighted by Crippen LogP contribution is 2.32. The number of aryl methyl sites for hydroxylation is 1. The molecule has 1 aromatic carbocycles. The van der Waals surface area contributed by atoms with E-state index >= 15 is 0 Å². The van der Waals surface area contributed by atoms with Crippen LogP contribution in [-0.2, 0) is 4.74 Å². The fraction of sp³-hybridized carbons (Fsp3) is 0.400. The Hall–Kier alpha value is -2.11. The van der Waals surface area contributed by atoms with Gasteiger partial charge in [0.2, 0.25) is 0 Å². The van der Waals surface area contributed by atoms with Gasteiger partial charge in [0.25, 0.3) is 0 Å². The van der Waals surface area contributed by atoms with E-state index in [-0.39, 0.29) is 23.6 Å². The van der Waals surface area contributed by atoms with Crippen LogP contribution < -0.4 is 4.74 Å². The van der Waals surface area contributed by atoms with Crippen molar-refractivity contribution in [1.82, 2.24) is 4.57 Å². The van der Waals surface area contributed by atoms with Crippen molar-refractivity contribution in [2.24, 2.45) is 0 Å². The first-order valence-corrected chi connectivity index (χ1v) is 6.70. The van der Waals surface area contributed by atoms with Crippen molar-refractivity contribution in [3.63, 3.8) is 0 Å². The summed E-state index contributed by atoms with van der Waals surface area (Å²) in [6.07, 6.45) is -0.993. The van der Waals surface area contributed by atoms with Crippen molar-refractivity contribution in [2.75, 3.05) is 6.61 Å². The van der Waals surface area contributed by atoms with Gasteiger partial charge in [-0.3, -0.25) is 0 Å². The van der Waals surface area contributed by atoms with Gasteiger partial charge in [0.1, 0.15) is 0 Å². The number of halogens is 2. The Morgan fingerprint density at radius 3 is 2.57 bits per heavy atom. The van der Waals surface area contributed by atoms with Crippen LogP contribution in [0.3, 0.4) is 0 Å². The smallest absolute Gasteiger partial charge is 0.418 e. The largest absolute Gasteiger partial charge is 0.488 e. The monoisotopic (exact) mass is 297 g/mol. The molecule has 0 bridgehead atoms. The Morgan fingerprint density at radius 2 is 2.00 bits per heavy atom. The van der Waals surface area contributed by atoms with E-state index in [2.05, 4.69) is 0 Å². The maximum atomic E-state index is 14.3. The molecule has 1 aromatic heterocycles. The number of aromatic nitrogens is 1. The average Bonchev–Trinajstić information content (AvgIpc) is 2.70. The second-order valence-corrected chi connectivity index (χ2v) is 4.92. The lowest BCUT2D eigenvalue weighted by molar-refractivity contribution is 0.117. The molecule has 0 aliphatic heterocycles. The van der Waals surface area contributed by atoms with E-state index in [0.29, 0.717) is 5.69 Å². The highest BCUT2D eigenvalue weighted by Gasteiger charge is 2.22. The molecule has 21 heavy (non-hydrogen) atoms. The van der Waals surface area contributed by atoms with Gasteiger partial charge in [-0.05, 0) is 33.8 Å². The van der Waals surface area contributed by atoms with Crippen molar-refractivity contribution in [3.8, 4) is 5.75 Å². The minimum atomic E-state index is -0.849. The standard InChI is InChI=1S/C15H17F2NO3/c1-5-20-14-11(16)7-12-10(13(14)17)6-9(4)18(12)15(19)21-8(2)3/h6-8H,5H2,1-4H3. The zero-order valence-corrected chi connectivity index (χ0v) is 12.4. The summed E-state index contributed by atoms with van der Waals surface area (Å²) in [7, 11) is 0. The highest BCUT2D eigenvalue weighted by molar-refractivity contribution is 5.92. The topological polar surface area (TPSA) is 40.5 Å². The van der Waals surface area contributed by atoms with Crippen LogP contribution in [0.4, 0.5) is 13.6 Å². The molecule has 0 spiro atoms. The summed E-state index contributed by atoms with van der Waals surface area (Å²) in [5, 5.41) is 0.123. The Bertz CT molecular complexity index is 692. The lowest BCUT2D eigenvalue weighted by Gasteiger charge is -2.12. The molecule has 0 N–H and O–H groups in total. The van der Waals surface area contributed by atoms with E-state index in [0.717, 1.165) is 10.6 Å². The number of carbonyl (C=O) groups excluding carboxylic acids is 1. The van der Waals surface area contributed by atoms with Crippen LogP contribution in [0.2, 0.25) is 0 Å². The zero-order valence-electron chi connectivity index (χ0n) is 12.4. The van der Waals surface area contributed by atoms with Crippen molar-refractivity contribution in [1.29, 1.82) is 0 Å². The molecule has 0 fully saturated rings. The first kappa shape index (κ1) is 15.3. The van der Waals surface area contributed by atoms with Crippen LogP contribution in [0.1, 0.15) is 26.5 Å². The van der Waals surface area contributed by atoms with E-state index < -0.39 is 23.5 Å². The molecule has 1 heterocycles. The second kappa shape index (κ2) is 5.71. The van der Waals surface area contributed by atoms with Crippen LogP contribution in [-0.4, -0.2) is 23.4 Å². The fourth-order valence-corrected chi connectivity index (χ4v) is 2.16. The molecule has 0 amide bonds. The van der Waals surface area contributed by atoms with Gasteiger partial charge in [0.15, 0.2) is 17.4 Å². The maximum absolute atomic E-state index is 14.3. The molecule has 4 nitrogen and oxygen atoms in total. The molecule has 0 aliphatic rings. The van der Waals surface area contributed by atoms with E-state index in [1.807, 2.05) is 0 Å². The zero-order chi connectivity index (χ0) is 15.7. The summed E-state index contributed by atoms with van der Waals surface area (Å²) < 4.78 is 39.5. The number of carbonyl (C=O) groups is 1. The van der Waals surface area contributed by atoms with Gasteiger partial charge in [-0.15, -0.1) is 0 Å². The third-order valence-corrected chi connectivity index (χ3v) is 2.95. The molecule has 0 radical (unpaired) electrons. The van der Waals surface area contributed by atoms with Crippen LogP contribution in [0.25, 0.3) is 10.9 Å². The average molecular weight is 297 g/mol. The number of fused-ring (bicyclic) bond motifs is 1. The third kappa shape index (κ3) is 2.70. The molecule has 2 rings (SSSR count). The first-order valence-electron chi connectivity index (χ1n) is 6.70. The van der Waals surface area contributed by atoms with E-state index in [1.165, 1.54) is 6.07 Å². The Balaban J connectivity index is 2.64. The summed E-state index contributed by atoms with van der Waals surface area (Å²) in [5.74, 6) is -2.09. The Morgan fingerprint density at radius 1 is 1.33 bits per heavy atom. The summed E-state index contributed by atoms with van der Waals surface area (Å²) in [6.45, 7) is 6.81. The van der Waals surface area contributed by atoms with E-state index in [4.69, 9.17) is 9.47 Å². The first-order chi connectivity index (χ1) is 9.86. The predicted octanol–water partition coefficient (Wildman–Crippen LogP) is 4.02. The summed E-state index contributed by atoms with van der Waals surface area (Å²) in [5.41, 5.74) is 0.583. The van der Waals surface area contributed by atoms with Crippen molar-refractivity contribution < 1.29 is 23.0 Å². The number of benzene rings is 1. The minimum Gasteiger partial charge on any atom is -0.488 e. The predicted molar refractivity (Wildman–Crippen MR) is 74.8 cm³/mol. The molecule has 0 unspecified atom stereocenters. The SMILES string of the molecule is CCOc1c(F)cc2c(cc(C)n2C(=O)OC(C)C)c1F. The third-order valence-electron chi connectivity index (χ3n) is 2.95. The second-order valence-electron chi connectivity index (χ2n) is 4.92. The summed E-state index contributed by atoms with van der Waals surface area (Å²) in [4.78, 5) is 12.0. The molecular weight excluding hydrogens is 280 g/mol. The van der Waals surface area contributed by atoms with Gasteiger partial charge < -0.3 is 9.47 Å². The molecule has 6 heteroatoms. The van der Waals surface area contributed by atoms with Gasteiger partial charge in [0, 0.05) is 17.1 Å². The Labute approximate surface area is 121 Å². The molecular formula is C15H17F2NO3. The van der Waals surface area contributed by atoms with Crippen LogP contribution in [0.5, 0.6) is 5.75 Å². The lowest BCUT2D eigenvalue weighted by Crippen LogP contribution is -2.19. The van der Waals surface area contributed by atoms with Crippen LogP contribution >= 0.6 is 0 Å². The van der Waals surface area contributed by atoms with Crippen LogP contribution in [0.15, 0.2) is 12.1 Å². The van der Waals surface area contributed by atoms with Gasteiger partial charge in [-0.2, -0.15) is 0 Å². The lowest BCUT2D eigenvalue weighted by atomic mass is 10.2. The molecule has 0 atom stereocenters. The van der Waals surface area contributed by atoms with Crippen molar-refractivity contribution in [3.05, 3.63) is 29.5 Å². The maximum Gasteiger partial charge on any atom is 0.418 e. The number of rotatable bonds is 3. The molecule has 114 valence electrons. The quantitative estimate of drug-likeness (QED) is 0.859. The van der Waals surface area contributed by atoms with Gasteiger partial charge in [-0.25, -0.2) is 18.1 Å². The summed E-state index contributed by atoms with van der Waals surface area (Å²) in [6, 6.07) is 2.55. The fourth-order valence-electron chi connectivity index (χ4n) is 2.16. The Kier molecular flexibility index (Phi) is 4.16. The molecule has 0 saturated carbocycles. The molecule has 0 aliphatic carbocycles. The summed E-state index contributed by atoms with van der Waals surface area (Å²) >= 11 is 0. The van der Waals surface area contributed by atoms with Crippen molar-refractivity contribution in [2.45, 2.75) is 33.8 Å². The van der Waals surface area contributed by atoms with Gasteiger partial charge in [-0.1, -0.05) is 0 Å². The van der Waals surface area contributed by atoms with Crippen LogP contribution in [0, 0.1) is 18.6 Å². The minimum absolute atomic E-state index is 0.122. The van der Waals surface area contributed by atoms with E-state index in [9.17, 15) is 13.6 Å². The number of hydrogen-bond donors (Lipinski definition) is 0. The van der Waals surface area contributed by atoms with Gasteiger partial charge in [0.05, 0.1) is 18.2 Å². The van der Waals surface area contributed by atoms with Crippen molar-refractivity contribution >= 4 is 17.0 Å². The number of nitrogens with zero attached hydrogens (tertiary/aromatic N) is 1.